The molecule has 35 heavy (non-hydrogen) atoms. The van der Waals surface area contributed by atoms with E-state index in [-0.39, 0.29) is 25.5 Å². The predicted octanol–water partition coefficient (Wildman–Crippen LogP) is 5.21. The molecular weight excluding hydrogens is 464 g/mol. The molecule has 0 aliphatic heterocycles. The Hall–Kier alpha value is -3.45. The number of aliphatic hydroxyl groups excluding tert-OH is 2. The summed E-state index contributed by atoms with van der Waals surface area (Å²) in [6, 6.07) is 23.6. The van der Waals surface area contributed by atoms with E-state index in [0.29, 0.717) is 16.1 Å². The van der Waals surface area contributed by atoms with E-state index in [9.17, 15) is 15.0 Å². The Kier molecular flexibility index (Phi) is 6.68. The molecule has 3 aromatic carbocycles. The third-order valence-electron chi connectivity index (χ3n) is 6.51. The summed E-state index contributed by atoms with van der Waals surface area (Å²) in [7, 11) is 0. The number of nitrogens with one attached hydrogen (secondary N) is 1. The Morgan fingerprint density at radius 1 is 0.943 bits per heavy atom. The van der Waals surface area contributed by atoms with E-state index in [1.165, 1.54) is 17.3 Å². The van der Waals surface area contributed by atoms with Gasteiger partial charge in [0.2, 0.25) is 0 Å². The third kappa shape index (κ3) is 4.60. The zero-order chi connectivity index (χ0) is 24.4. The SMILES string of the molecule is O=C(NCCC(O)C(O)c1cnc(Cl)c2ccccc12)OCC1c2ccccc2-c2ccccc21. The number of benzene rings is 3. The largest absolute Gasteiger partial charge is 0.449 e. The third-order valence-corrected chi connectivity index (χ3v) is 6.81. The van der Waals surface area contributed by atoms with Crippen molar-refractivity contribution in [2.24, 2.45) is 0 Å². The van der Waals surface area contributed by atoms with Crippen LogP contribution in [0.2, 0.25) is 5.15 Å². The lowest BCUT2D eigenvalue weighted by Gasteiger charge is -2.20. The summed E-state index contributed by atoms with van der Waals surface area (Å²) in [6.07, 6.45) is -1.23. The number of aromatic nitrogens is 1. The van der Waals surface area contributed by atoms with Gasteiger partial charge in [0.15, 0.2) is 0 Å². The molecule has 5 rings (SSSR count). The highest BCUT2D eigenvalue weighted by Crippen LogP contribution is 2.44. The van der Waals surface area contributed by atoms with Gasteiger partial charge in [-0.1, -0.05) is 84.4 Å². The highest BCUT2D eigenvalue weighted by atomic mass is 35.5. The molecule has 178 valence electrons. The number of rotatable bonds is 7. The van der Waals surface area contributed by atoms with Crippen LogP contribution in [-0.4, -0.2) is 40.5 Å². The highest BCUT2D eigenvalue weighted by molar-refractivity contribution is 6.34. The molecule has 4 aromatic rings. The van der Waals surface area contributed by atoms with Crippen molar-refractivity contribution >= 4 is 28.5 Å². The monoisotopic (exact) mass is 488 g/mol. The summed E-state index contributed by atoms with van der Waals surface area (Å²) >= 11 is 6.15. The summed E-state index contributed by atoms with van der Waals surface area (Å²) in [5.41, 5.74) is 5.10. The van der Waals surface area contributed by atoms with Gasteiger partial charge in [-0.15, -0.1) is 0 Å². The fourth-order valence-electron chi connectivity index (χ4n) is 4.75. The molecular formula is C28H25ClN2O4. The first kappa shape index (κ1) is 23.3. The molecule has 0 radical (unpaired) electrons. The van der Waals surface area contributed by atoms with Crippen molar-refractivity contribution in [1.82, 2.24) is 10.3 Å². The average Bonchev–Trinajstić information content (AvgIpc) is 3.21. The first-order valence-electron chi connectivity index (χ1n) is 11.5. The zero-order valence-corrected chi connectivity index (χ0v) is 19.7. The number of carbonyl (C=O) groups excluding carboxylic acids is 1. The fraction of sp³-hybridized carbons (Fsp3) is 0.214. The topological polar surface area (TPSA) is 91.7 Å². The Balaban J connectivity index is 1.16. The van der Waals surface area contributed by atoms with Crippen LogP contribution in [0.4, 0.5) is 4.79 Å². The van der Waals surface area contributed by atoms with Gasteiger partial charge in [0.05, 0.1) is 6.10 Å². The number of hydrogen-bond acceptors (Lipinski definition) is 5. The van der Waals surface area contributed by atoms with Gasteiger partial charge in [0.1, 0.15) is 17.9 Å². The van der Waals surface area contributed by atoms with Gasteiger partial charge in [-0.3, -0.25) is 0 Å². The molecule has 6 nitrogen and oxygen atoms in total. The first-order valence-corrected chi connectivity index (χ1v) is 11.9. The van der Waals surface area contributed by atoms with Crippen LogP contribution in [0, 0.1) is 0 Å². The minimum atomic E-state index is -1.17. The van der Waals surface area contributed by atoms with Crippen molar-refractivity contribution in [2.75, 3.05) is 13.2 Å². The van der Waals surface area contributed by atoms with Crippen LogP contribution < -0.4 is 5.32 Å². The van der Waals surface area contributed by atoms with Gasteiger partial charge in [-0.2, -0.15) is 0 Å². The number of fused-ring (bicyclic) bond motifs is 4. The van der Waals surface area contributed by atoms with E-state index in [4.69, 9.17) is 16.3 Å². The molecule has 1 heterocycles. The molecule has 0 bridgehead atoms. The lowest BCUT2D eigenvalue weighted by Crippen LogP contribution is -2.30. The molecule has 0 spiro atoms. The molecule has 1 aromatic heterocycles. The van der Waals surface area contributed by atoms with Crippen molar-refractivity contribution in [3.8, 4) is 11.1 Å². The van der Waals surface area contributed by atoms with Gasteiger partial charge in [0.25, 0.3) is 0 Å². The molecule has 1 aliphatic rings. The number of nitrogens with zero attached hydrogens (tertiary/aromatic N) is 1. The van der Waals surface area contributed by atoms with Crippen molar-refractivity contribution in [2.45, 2.75) is 24.5 Å². The second-order valence-electron chi connectivity index (χ2n) is 8.60. The van der Waals surface area contributed by atoms with Crippen LogP contribution in [-0.2, 0) is 4.74 Å². The number of halogens is 1. The van der Waals surface area contributed by atoms with E-state index in [2.05, 4.69) is 34.6 Å². The van der Waals surface area contributed by atoms with E-state index in [1.807, 2.05) is 48.5 Å². The van der Waals surface area contributed by atoms with Crippen molar-refractivity contribution in [3.05, 3.63) is 101 Å². The smallest absolute Gasteiger partial charge is 0.407 e. The van der Waals surface area contributed by atoms with E-state index in [1.54, 1.807) is 0 Å². The lowest BCUT2D eigenvalue weighted by molar-refractivity contribution is 0.0143. The molecule has 1 amide bonds. The van der Waals surface area contributed by atoms with Crippen LogP contribution in [0.3, 0.4) is 0 Å². The molecule has 2 atom stereocenters. The van der Waals surface area contributed by atoms with Gasteiger partial charge in [-0.05, 0) is 34.1 Å². The van der Waals surface area contributed by atoms with Crippen molar-refractivity contribution < 1.29 is 19.7 Å². The number of pyridine rings is 1. The Morgan fingerprint density at radius 3 is 2.23 bits per heavy atom. The van der Waals surface area contributed by atoms with Gasteiger partial charge in [0, 0.05) is 29.6 Å². The highest BCUT2D eigenvalue weighted by Gasteiger charge is 2.29. The van der Waals surface area contributed by atoms with Crippen LogP contribution in [0.25, 0.3) is 21.9 Å². The lowest BCUT2D eigenvalue weighted by atomic mass is 9.98. The molecule has 7 heteroatoms. The van der Waals surface area contributed by atoms with Crippen molar-refractivity contribution in [1.29, 1.82) is 0 Å². The molecule has 0 fully saturated rings. The maximum absolute atomic E-state index is 12.4. The summed E-state index contributed by atoms with van der Waals surface area (Å²) < 4.78 is 5.52. The standard InChI is InChI=1S/C28H25ClN2O4/c29-27-22-12-6-5-11-21(22)23(15-31-27)26(33)25(32)13-14-30-28(34)35-16-24-19-9-3-1-7-17(19)18-8-2-4-10-20(18)24/h1-12,15,24-26,32-33H,13-14,16H2,(H,30,34). The first-order chi connectivity index (χ1) is 17.0. The summed E-state index contributed by atoms with van der Waals surface area (Å²) in [4.78, 5) is 16.5. The van der Waals surface area contributed by atoms with E-state index < -0.39 is 18.3 Å². The van der Waals surface area contributed by atoms with Crippen LogP contribution in [0.5, 0.6) is 0 Å². The van der Waals surface area contributed by atoms with E-state index in [0.717, 1.165) is 16.5 Å². The van der Waals surface area contributed by atoms with Crippen LogP contribution >= 0.6 is 11.6 Å². The fourth-order valence-corrected chi connectivity index (χ4v) is 4.97. The molecule has 1 aliphatic carbocycles. The number of alkyl carbamates (subject to hydrolysis) is 1. The number of amides is 1. The number of carbonyl (C=O) groups is 1. The minimum Gasteiger partial charge on any atom is -0.449 e. The second-order valence-corrected chi connectivity index (χ2v) is 8.96. The normalized spacial score (nSPS) is 14.3. The maximum atomic E-state index is 12.4. The summed E-state index contributed by atoms with van der Waals surface area (Å²) in [5.74, 6) is -0.0220. The average molecular weight is 489 g/mol. The number of hydrogen-bond donors (Lipinski definition) is 3. The summed E-state index contributed by atoms with van der Waals surface area (Å²) in [5, 5.41) is 25.7. The van der Waals surface area contributed by atoms with Crippen LogP contribution in [0.15, 0.2) is 79.0 Å². The number of aliphatic hydroxyl groups is 2. The molecule has 2 unspecified atom stereocenters. The van der Waals surface area contributed by atoms with Crippen LogP contribution in [0.1, 0.15) is 35.1 Å². The van der Waals surface area contributed by atoms with Gasteiger partial charge in [-0.25, -0.2) is 9.78 Å². The van der Waals surface area contributed by atoms with Gasteiger partial charge < -0.3 is 20.3 Å². The summed E-state index contributed by atoms with van der Waals surface area (Å²) in [6.45, 7) is 0.362. The Morgan fingerprint density at radius 2 is 1.54 bits per heavy atom. The molecule has 0 saturated heterocycles. The van der Waals surface area contributed by atoms with Gasteiger partial charge >= 0.3 is 6.09 Å². The Bertz CT molecular complexity index is 1330. The number of ether oxygens (including phenoxy) is 1. The quantitative estimate of drug-likeness (QED) is 0.310. The molecule has 0 saturated carbocycles. The second kappa shape index (κ2) is 10.0. The minimum absolute atomic E-state index is 0.0220. The van der Waals surface area contributed by atoms with E-state index >= 15 is 0 Å². The zero-order valence-electron chi connectivity index (χ0n) is 18.9. The Labute approximate surface area is 208 Å². The predicted molar refractivity (Wildman–Crippen MR) is 135 cm³/mol. The molecule has 3 N–H and O–H groups in total. The van der Waals surface area contributed by atoms with Crippen molar-refractivity contribution in [3.63, 3.8) is 0 Å². The maximum Gasteiger partial charge on any atom is 0.407 e.